The van der Waals surface area contributed by atoms with Crippen LogP contribution in [-0.2, 0) is 12.7 Å². The van der Waals surface area contributed by atoms with Crippen molar-refractivity contribution in [3.05, 3.63) is 62.9 Å². The van der Waals surface area contributed by atoms with Gasteiger partial charge in [0, 0.05) is 12.6 Å². The van der Waals surface area contributed by atoms with Crippen molar-refractivity contribution < 1.29 is 31.1 Å². The standard InChI is InChI=1S/C25H22F6N8O3/c26-15-5-14-16(6-13(15)21-33-8-18(20(32)37-21)42-24(27)28)34-10-39(23(14)41)9-11-2-1-3-12(4-11)36-17-7-35-38-22(40)19(17)25(29,30)31/h5-8,10-12,24H,1-4,9H2,(H2,32,33,37)(H2,36,38,40)/t11-,12+/m1/s1. The molecular weight excluding hydrogens is 574 g/mol. The Labute approximate surface area is 231 Å². The number of aromatic amines is 1. The van der Waals surface area contributed by atoms with Crippen LogP contribution in [0.4, 0.5) is 37.8 Å². The van der Waals surface area contributed by atoms with Crippen molar-refractivity contribution >= 4 is 22.4 Å². The molecular formula is C25H22F6N8O3. The summed E-state index contributed by atoms with van der Waals surface area (Å²) in [4.78, 5) is 36.8. The van der Waals surface area contributed by atoms with Crippen LogP contribution >= 0.6 is 0 Å². The number of rotatable bonds is 7. The summed E-state index contributed by atoms with van der Waals surface area (Å²) in [7, 11) is 0. The van der Waals surface area contributed by atoms with Gasteiger partial charge in [0.05, 0.1) is 40.9 Å². The predicted octanol–water partition coefficient (Wildman–Crippen LogP) is 3.95. The van der Waals surface area contributed by atoms with Gasteiger partial charge in [0.1, 0.15) is 11.4 Å². The number of fused-ring (bicyclic) bond motifs is 1. The minimum atomic E-state index is -4.88. The summed E-state index contributed by atoms with van der Waals surface area (Å²) in [5, 5.41) is 8.00. The normalized spacial score (nSPS) is 17.5. The van der Waals surface area contributed by atoms with Gasteiger partial charge in [0.2, 0.25) is 0 Å². The van der Waals surface area contributed by atoms with Crippen LogP contribution in [-0.4, -0.2) is 42.4 Å². The van der Waals surface area contributed by atoms with Gasteiger partial charge in [-0.1, -0.05) is 6.42 Å². The SMILES string of the molecule is Nc1nc(-c2cc3ncn(C[C@@H]4CCC[C@H](Nc5cn[nH]c(=O)c5C(F)(F)F)C4)c(=O)c3cc2F)ncc1OC(F)F. The highest BCUT2D eigenvalue weighted by Gasteiger charge is 2.38. The maximum atomic E-state index is 15.1. The molecule has 222 valence electrons. The molecule has 0 aliphatic heterocycles. The minimum Gasteiger partial charge on any atom is -0.429 e. The molecule has 3 heterocycles. The fourth-order valence-electron chi connectivity index (χ4n) is 5.06. The van der Waals surface area contributed by atoms with Gasteiger partial charge < -0.3 is 15.8 Å². The molecule has 1 saturated carbocycles. The average molecular weight is 596 g/mol. The molecule has 42 heavy (non-hydrogen) atoms. The van der Waals surface area contributed by atoms with E-state index in [4.69, 9.17) is 5.73 Å². The summed E-state index contributed by atoms with van der Waals surface area (Å²) in [5.74, 6) is -2.16. The van der Waals surface area contributed by atoms with Crippen LogP contribution in [0, 0.1) is 11.7 Å². The zero-order chi connectivity index (χ0) is 30.2. The smallest absolute Gasteiger partial charge is 0.423 e. The molecule has 11 nitrogen and oxygen atoms in total. The van der Waals surface area contributed by atoms with E-state index in [1.165, 1.54) is 17.0 Å². The second kappa shape index (κ2) is 11.3. The van der Waals surface area contributed by atoms with Gasteiger partial charge in [-0.05, 0) is 37.3 Å². The quantitative estimate of drug-likeness (QED) is 0.269. The van der Waals surface area contributed by atoms with Crippen molar-refractivity contribution in [2.45, 2.75) is 51.1 Å². The van der Waals surface area contributed by atoms with E-state index >= 15 is 4.39 Å². The first kappa shape index (κ1) is 28.8. The van der Waals surface area contributed by atoms with E-state index in [1.54, 1.807) is 5.10 Å². The third kappa shape index (κ3) is 5.99. The maximum Gasteiger partial charge on any atom is 0.423 e. The number of nitrogens with zero attached hydrogens (tertiary/aromatic N) is 5. The molecule has 17 heteroatoms. The van der Waals surface area contributed by atoms with Gasteiger partial charge in [0.25, 0.3) is 11.1 Å². The average Bonchev–Trinajstić information content (AvgIpc) is 2.91. The van der Waals surface area contributed by atoms with E-state index in [-0.39, 0.29) is 34.8 Å². The van der Waals surface area contributed by atoms with Crippen molar-refractivity contribution in [1.82, 2.24) is 29.7 Å². The van der Waals surface area contributed by atoms with Crippen molar-refractivity contribution in [3.8, 4) is 17.1 Å². The van der Waals surface area contributed by atoms with Gasteiger partial charge in [0.15, 0.2) is 17.4 Å². The number of hydrogen-bond donors (Lipinski definition) is 3. The zero-order valence-corrected chi connectivity index (χ0v) is 21.5. The molecule has 0 spiro atoms. The molecule has 2 atom stereocenters. The Morgan fingerprint density at radius 1 is 1.17 bits per heavy atom. The number of halogens is 6. The topological polar surface area (TPSA) is 154 Å². The van der Waals surface area contributed by atoms with Crippen LogP contribution in [0.3, 0.4) is 0 Å². The Kier molecular flexibility index (Phi) is 7.74. The number of alkyl halides is 5. The van der Waals surface area contributed by atoms with Gasteiger partial charge >= 0.3 is 12.8 Å². The Hall–Kier alpha value is -4.70. The number of ether oxygens (including phenoxy) is 1. The highest BCUT2D eigenvalue weighted by atomic mass is 19.4. The molecule has 0 amide bonds. The van der Waals surface area contributed by atoms with Gasteiger partial charge in [-0.15, -0.1) is 0 Å². The number of aromatic nitrogens is 6. The van der Waals surface area contributed by atoms with E-state index in [0.29, 0.717) is 25.7 Å². The summed E-state index contributed by atoms with van der Waals surface area (Å²) < 4.78 is 85.7. The van der Waals surface area contributed by atoms with Gasteiger partial charge in [-0.2, -0.15) is 27.1 Å². The minimum absolute atomic E-state index is 0.0423. The summed E-state index contributed by atoms with van der Waals surface area (Å²) >= 11 is 0. The Morgan fingerprint density at radius 2 is 1.95 bits per heavy atom. The third-order valence-electron chi connectivity index (χ3n) is 6.89. The first-order valence-electron chi connectivity index (χ1n) is 12.6. The highest BCUT2D eigenvalue weighted by molar-refractivity contribution is 5.82. The van der Waals surface area contributed by atoms with Crippen molar-refractivity contribution in [2.75, 3.05) is 11.1 Å². The Morgan fingerprint density at radius 3 is 2.67 bits per heavy atom. The Bertz CT molecular complexity index is 1740. The fourth-order valence-corrected chi connectivity index (χ4v) is 5.06. The molecule has 5 rings (SSSR count). The first-order valence-corrected chi connectivity index (χ1v) is 12.6. The largest absolute Gasteiger partial charge is 0.429 e. The molecule has 0 unspecified atom stereocenters. The molecule has 4 aromatic rings. The fraction of sp³-hybridized carbons (Fsp3) is 0.360. The van der Waals surface area contributed by atoms with E-state index in [9.17, 15) is 31.5 Å². The number of nitrogen functional groups attached to an aromatic ring is 1. The molecule has 0 bridgehead atoms. The zero-order valence-electron chi connectivity index (χ0n) is 21.5. The highest BCUT2D eigenvalue weighted by Crippen LogP contribution is 2.34. The number of anilines is 2. The van der Waals surface area contributed by atoms with Crippen molar-refractivity contribution in [2.24, 2.45) is 5.92 Å². The van der Waals surface area contributed by atoms with Crippen LogP contribution in [0.2, 0.25) is 0 Å². The second-order valence-corrected chi connectivity index (χ2v) is 9.73. The monoisotopic (exact) mass is 596 g/mol. The molecule has 3 aromatic heterocycles. The van der Waals surface area contributed by atoms with E-state index in [0.717, 1.165) is 18.5 Å². The number of hydrogen-bond acceptors (Lipinski definition) is 9. The van der Waals surface area contributed by atoms with Gasteiger partial charge in [-0.25, -0.2) is 24.4 Å². The summed E-state index contributed by atoms with van der Waals surface area (Å²) in [6.45, 7) is -2.98. The first-order chi connectivity index (χ1) is 19.9. The lowest BCUT2D eigenvalue weighted by molar-refractivity contribution is -0.138. The lowest BCUT2D eigenvalue weighted by atomic mass is 9.85. The van der Waals surface area contributed by atoms with E-state index in [1.807, 2.05) is 0 Å². The molecule has 1 aromatic carbocycles. The van der Waals surface area contributed by atoms with Gasteiger partial charge in [-0.3, -0.25) is 14.2 Å². The molecule has 0 radical (unpaired) electrons. The molecule has 4 N–H and O–H groups in total. The second-order valence-electron chi connectivity index (χ2n) is 9.73. The Balaban J connectivity index is 1.35. The summed E-state index contributed by atoms with van der Waals surface area (Å²) in [5.41, 5.74) is 1.89. The van der Waals surface area contributed by atoms with Crippen LogP contribution < -0.4 is 26.9 Å². The van der Waals surface area contributed by atoms with Crippen LogP contribution in [0.25, 0.3) is 22.3 Å². The summed E-state index contributed by atoms with van der Waals surface area (Å²) in [6, 6.07) is 1.78. The summed E-state index contributed by atoms with van der Waals surface area (Å²) in [6.07, 6.45) is 0.462. The number of nitrogens with one attached hydrogen (secondary N) is 2. The van der Waals surface area contributed by atoms with E-state index in [2.05, 4.69) is 30.1 Å². The van der Waals surface area contributed by atoms with Crippen LogP contribution in [0.1, 0.15) is 31.2 Å². The number of nitrogens with two attached hydrogens (primary N) is 1. The third-order valence-corrected chi connectivity index (χ3v) is 6.89. The van der Waals surface area contributed by atoms with Crippen LogP contribution in [0.5, 0.6) is 5.75 Å². The molecule has 0 saturated heterocycles. The maximum absolute atomic E-state index is 15.1. The lowest BCUT2D eigenvalue weighted by Crippen LogP contribution is -2.34. The van der Waals surface area contributed by atoms with E-state index < -0.39 is 58.6 Å². The predicted molar refractivity (Wildman–Crippen MR) is 137 cm³/mol. The van der Waals surface area contributed by atoms with Crippen LogP contribution in [0.15, 0.2) is 40.4 Å². The molecule has 1 aliphatic rings. The van der Waals surface area contributed by atoms with Crippen molar-refractivity contribution in [3.63, 3.8) is 0 Å². The number of benzene rings is 1. The molecule has 1 fully saturated rings. The lowest BCUT2D eigenvalue weighted by Gasteiger charge is -2.31. The number of H-pyrrole nitrogens is 1. The molecule has 1 aliphatic carbocycles. The van der Waals surface area contributed by atoms with Crippen molar-refractivity contribution in [1.29, 1.82) is 0 Å².